The summed E-state index contributed by atoms with van der Waals surface area (Å²) in [5.74, 6) is 1.22. The number of hydrogen-bond donors (Lipinski definition) is 1. The van der Waals surface area contributed by atoms with Crippen LogP contribution in [0.3, 0.4) is 0 Å². The molecule has 0 aliphatic heterocycles. The minimum absolute atomic E-state index is 0.0901. The van der Waals surface area contributed by atoms with E-state index in [9.17, 15) is 18.0 Å². The molecule has 1 amide bonds. The van der Waals surface area contributed by atoms with E-state index >= 15 is 0 Å². The number of carbonyl (C=O) groups is 2. The molecule has 12 heteroatoms. The Morgan fingerprint density at radius 3 is 2.42 bits per heavy atom. The molecular formula is C26H33N5O5S2. The lowest BCUT2D eigenvalue weighted by Gasteiger charge is -2.18. The number of carbonyl (C=O) groups excluding carboxylic acids is 2. The number of nitrogens with one attached hydrogen (secondary N) is 1. The molecule has 0 spiro atoms. The van der Waals surface area contributed by atoms with Crippen LogP contribution in [0.15, 0.2) is 58.6 Å². The molecule has 0 unspecified atom stereocenters. The number of thioether (sulfide) groups is 1. The van der Waals surface area contributed by atoms with Crippen molar-refractivity contribution in [2.75, 3.05) is 32.5 Å². The molecule has 0 bridgehead atoms. The number of methoxy groups -OCH3 is 1. The Morgan fingerprint density at radius 1 is 1.08 bits per heavy atom. The smallest absolute Gasteiger partial charge is 0.243 e. The zero-order chi connectivity index (χ0) is 27.7. The van der Waals surface area contributed by atoms with Crippen molar-refractivity contribution in [3.63, 3.8) is 0 Å². The van der Waals surface area contributed by atoms with Crippen molar-refractivity contribution >= 4 is 33.5 Å². The molecule has 0 saturated heterocycles. The van der Waals surface area contributed by atoms with Crippen LogP contribution in [0.5, 0.6) is 5.75 Å². The van der Waals surface area contributed by atoms with E-state index in [0.717, 1.165) is 5.69 Å². The van der Waals surface area contributed by atoms with Crippen LogP contribution in [0.2, 0.25) is 0 Å². The second-order valence-corrected chi connectivity index (χ2v) is 11.2. The number of sulfonamides is 1. The standard InChI is InChI=1S/C26H33N5O5S2/c1-5-30(6-2)38(34,35)23-14-12-20(13-15-23)24(33)18-37-26-29-28-25(11-8-16-27-19(3)32)31(26)21-9-7-10-22(17-21)36-4/h7,9-10,12-15,17H,5-6,8,11,16,18H2,1-4H3,(H,27,32). The van der Waals surface area contributed by atoms with Crippen molar-refractivity contribution in [1.29, 1.82) is 0 Å². The highest BCUT2D eigenvalue weighted by molar-refractivity contribution is 7.99. The SMILES string of the molecule is CCN(CC)S(=O)(=O)c1ccc(C(=O)CSc2nnc(CCCNC(C)=O)n2-c2cccc(OC)c2)cc1. The highest BCUT2D eigenvalue weighted by atomic mass is 32.2. The number of ketones is 1. The number of Topliss-reactive ketones (excluding diaryl/α,β-unsaturated/α-hetero) is 1. The van der Waals surface area contributed by atoms with Crippen LogP contribution in [-0.2, 0) is 21.2 Å². The van der Waals surface area contributed by atoms with Gasteiger partial charge in [-0.1, -0.05) is 43.8 Å². The predicted octanol–water partition coefficient (Wildman–Crippen LogP) is 3.35. The Labute approximate surface area is 227 Å². The lowest BCUT2D eigenvalue weighted by atomic mass is 10.1. The monoisotopic (exact) mass is 559 g/mol. The maximum atomic E-state index is 13.0. The van der Waals surface area contributed by atoms with Gasteiger partial charge in [0.2, 0.25) is 15.9 Å². The zero-order valence-corrected chi connectivity index (χ0v) is 23.6. The lowest BCUT2D eigenvalue weighted by molar-refractivity contribution is -0.118. The van der Waals surface area contributed by atoms with Gasteiger partial charge in [0.05, 0.1) is 23.4 Å². The second kappa shape index (κ2) is 13.5. The lowest BCUT2D eigenvalue weighted by Crippen LogP contribution is -2.30. The summed E-state index contributed by atoms with van der Waals surface area (Å²) >= 11 is 1.25. The fourth-order valence-electron chi connectivity index (χ4n) is 3.81. The highest BCUT2D eigenvalue weighted by Gasteiger charge is 2.22. The number of aryl methyl sites for hydroxylation is 1. The van der Waals surface area contributed by atoms with E-state index in [2.05, 4.69) is 15.5 Å². The second-order valence-electron chi connectivity index (χ2n) is 8.35. The third kappa shape index (κ3) is 7.21. The van der Waals surface area contributed by atoms with Crippen molar-refractivity contribution in [2.24, 2.45) is 0 Å². The van der Waals surface area contributed by atoms with Gasteiger partial charge in [0, 0.05) is 44.6 Å². The van der Waals surface area contributed by atoms with E-state index < -0.39 is 10.0 Å². The fraction of sp³-hybridized carbons (Fsp3) is 0.385. The molecule has 0 saturated carbocycles. The molecule has 0 atom stereocenters. The largest absolute Gasteiger partial charge is 0.497 e. The van der Waals surface area contributed by atoms with Crippen LogP contribution in [0, 0.1) is 0 Å². The van der Waals surface area contributed by atoms with Gasteiger partial charge in [0.1, 0.15) is 11.6 Å². The number of aromatic nitrogens is 3. The maximum absolute atomic E-state index is 13.0. The first-order chi connectivity index (χ1) is 18.2. The minimum atomic E-state index is -3.59. The third-order valence-electron chi connectivity index (χ3n) is 5.81. The molecule has 3 rings (SSSR count). The Hall–Kier alpha value is -3.22. The van der Waals surface area contributed by atoms with Crippen molar-refractivity contribution in [2.45, 2.75) is 43.7 Å². The van der Waals surface area contributed by atoms with Gasteiger partial charge >= 0.3 is 0 Å². The van der Waals surface area contributed by atoms with Crippen molar-refractivity contribution < 1.29 is 22.7 Å². The summed E-state index contributed by atoms with van der Waals surface area (Å²) in [6, 6.07) is 13.5. The fourth-order valence-corrected chi connectivity index (χ4v) is 6.14. The van der Waals surface area contributed by atoms with E-state index in [4.69, 9.17) is 4.74 Å². The Balaban J connectivity index is 1.78. The van der Waals surface area contributed by atoms with Gasteiger partial charge in [-0.25, -0.2) is 8.42 Å². The van der Waals surface area contributed by atoms with Crippen molar-refractivity contribution in [3.05, 3.63) is 59.9 Å². The van der Waals surface area contributed by atoms with Gasteiger partial charge < -0.3 is 10.1 Å². The Morgan fingerprint density at radius 2 is 1.79 bits per heavy atom. The van der Waals surface area contributed by atoms with Gasteiger partial charge in [0.25, 0.3) is 0 Å². The average molecular weight is 560 g/mol. The molecule has 204 valence electrons. The molecule has 1 aromatic heterocycles. The van der Waals surface area contributed by atoms with Crippen molar-refractivity contribution in [3.8, 4) is 11.4 Å². The first-order valence-electron chi connectivity index (χ1n) is 12.3. The van der Waals surface area contributed by atoms with E-state index in [-0.39, 0.29) is 22.3 Å². The Kier molecular flexibility index (Phi) is 10.5. The number of ether oxygens (including phenoxy) is 1. The van der Waals surface area contributed by atoms with Gasteiger partial charge in [0.15, 0.2) is 10.9 Å². The minimum Gasteiger partial charge on any atom is -0.497 e. The van der Waals surface area contributed by atoms with E-state index in [1.54, 1.807) is 33.1 Å². The summed E-state index contributed by atoms with van der Waals surface area (Å²) in [5.41, 5.74) is 1.21. The number of benzene rings is 2. The summed E-state index contributed by atoms with van der Waals surface area (Å²) in [4.78, 5) is 24.3. The van der Waals surface area contributed by atoms with Gasteiger partial charge in [-0.05, 0) is 30.7 Å². The summed E-state index contributed by atoms with van der Waals surface area (Å²) in [6.07, 6.45) is 1.25. The van der Waals surface area contributed by atoms with Crippen LogP contribution >= 0.6 is 11.8 Å². The highest BCUT2D eigenvalue weighted by Crippen LogP contribution is 2.26. The topological polar surface area (TPSA) is 123 Å². The van der Waals surface area contributed by atoms with Gasteiger partial charge in [-0.15, -0.1) is 10.2 Å². The summed E-state index contributed by atoms with van der Waals surface area (Å²) in [6.45, 7) is 6.31. The average Bonchev–Trinajstić information content (AvgIpc) is 3.33. The normalized spacial score (nSPS) is 11.5. The molecule has 3 aromatic rings. The van der Waals surface area contributed by atoms with E-state index in [1.165, 1.54) is 35.1 Å². The number of hydrogen-bond acceptors (Lipinski definition) is 8. The number of rotatable bonds is 14. The third-order valence-corrected chi connectivity index (χ3v) is 8.81. The summed E-state index contributed by atoms with van der Waals surface area (Å²) in [7, 11) is -2.00. The summed E-state index contributed by atoms with van der Waals surface area (Å²) < 4.78 is 34.1. The van der Waals surface area contributed by atoms with Gasteiger partial charge in [-0.2, -0.15) is 4.31 Å². The van der Waals surface area contributed by atoms with Crippen LogP contribution in [0.1, 0.15) is 43.4 Å². The molecule has 10 nitrogen and oxygen atoms in total. The van der Waals surface area contributed by atoms with E-state index in [0.29, 0.717) is 54.8 Å². The molecule has 0 aliphatic carbocycles. The van der Waals surface area contributed by atoms with Crippen LogP contribution in [-0.4, -0.2) is 71.7 Å². The molecule has 1 N–H and O–H groups in total. The van der Waals surface area contributed by atoms with Crippen LogP contribution < -0.4 is 10.1 Å². The first-order valence-corrected chi connectivity index (χ1v) is 14.7. The van der Waals surface area contributed by atoms with Crippen LogP contribution in [0.4, 0.5) is 0 Å². The molecule has 0 fully saturated rings. The molecule has 0 radical (unpaired) electrons. The van der Waals surface area contributed by atoms with Crippen molar-refractivity contribution in [1.82, 2.24) is 24.4 Å². The van der Waals surface area contributed by atoms with Crippen LogP contribution in [0.25, 0.3) is 5.69 Å². The quantitative estimate of drug-likeness (QED) is 0.181. The molecule has 0 aliphatic rings. The molecule has 38 heavy (non-hydrogen) atoms. The van der Waals surface area contributed by atoms with E-state index in [1.807, 2.05) is 28.8 Å². The molecule has 2 aromatic carbocycles. The zero-order valence-electron chi connectivity index (χ0n) is 22.0. The predicted molar refractivity (Wildman–Crippen MR) is 147 cm³/mol. The number of amides is 1. The number of nitrogens with zero attached hydrogens (tertiary/aromatic N) is 4. The summed E-state index contributed by atoms with van der Waals surface area (Å²) in [5, 5.41) is 12.0. The molecular weight excluding hydrogens is 526 g/mol. The Bertz CT molecular complexity index is 1350. The van der Waals surface area contributed by atoms with Gasteiger partial charge in [-0.3, -0.25) is 14.2 Å². The first kappa shape index (κ1) is 29.3. The molecule has 1 heterocycles. The maximum Gasteiger partial charge on any atom is 0.243 e.